The Hall–Kier alpha value is -1.94. The third-order valence-electron chi connectivity index (χ3n) is 16.2. The summed E-state index contributed by atoms with van der Waals surface area (Å²) in [6.45, 7) is 14.0. The Kier molecular flexibility index (Phi) is 57.6. The van der Waals surface area contributed by atoms with Gasteiger partial charge in [0.2, 0.25) is 0 Å². The molecule has 0 heterocycles. The molecule has 0 aliphatic rings. The number of aliphatic hydroxyl groups excluding tert-OH is 1. The smallest absolute Gasteiger partial charge is 0.462 e. The van der Waals surface area contributed by atoms with Crippen LogP contribution in [-0.4, -0.2) is 96.7 Å². The fourth-order valence-corrected chi connectivity index (χ4v) is 11.9. The van der Waals surface area contributed by atoms with Crippen LogP contribution in [0.1, 0.15) is 338 Å². The van der Waals surface area contributed by atoms with Crippen LogP contribution in [0.3, 0.4) is 0 Å². The molecule has 522 valence electrons. The van der Waals surface area contributed by atoms with Gasteiger partial charge in [-0.3, -0.25) is 37.3 Å². The Morgan fingerprint density at radius 3 is 0.807 bits per heavy atom. The van der Waals surface area contributed by atoms with Gasteiger partial charge < -0.3 is 33.8 Å². The fourth-order valence-electron chi connectivity index (χ4n) is 10.3. The second-order valence-corrected chi connectivity index (χ2v) is 29.5. The van der Waals surface area contributed by atoms with E-state index in [1.54, 1.807) is 0 Å². The van der Waals surface area contributed by atoms with Crippen LogP contribution in [0.15, 0.2) is 0 Å². The molecule has 0 aromatic rings. The van der Waals surface area contributed by atoms with E-state index >= 15 is 0 Å². The number of phosphoric ester groups is 2. The van der Waals surface area contributed by atoms with E-state index in [0.717, 1.165) is 114 Å². The van der Waals surface area contributed by atoms with Crippen LogP contribution in [0.25, 0.3) is 0 Å². The Morgan fingerprint density at radius 2 is 0.545 bits per heavy atom. The summed E-state index contributed by atoms with van der Waals surface area (Å²) in [6, 6.07) is 0. The molecule has 6 atom stereocenters. The number of aliphatic hydroxyl groups is 1. The Labute approximate surface area is 537 Å². The molecule has 0 rings (SSSR count). The van der Waals surface area contributed by atoms with Gasteiger partial charge in [0.1, 0.15) is 19.3 Å². The van der Waals surface area contributed by atoms with Gasteiger partial charge in [0, 0.05) is 25.7 Å². The number of hydrogen-bond acceptors (Lipinski definition) is 15. The van der Waals surface area contributed by atoms with E-state index in [0.29, 0.717) is 31.6 Å². The lowest BCUT2D eigenvalue weighted by molar-refractivity contribution is -0.161. The Morgan fingerprint density at radius 1 is 0.318 bits per heavy atom. The number of rotatable bonds is 66. The van der Waals surface area contributed by atoms with Gasteiger partial charge >= 0.3 is 39.5 Å². The van der Waals surface area contributed by atoms with Crippen LogP contribution >= 0.6 is 15.6 Å². The lowest BCUT2D eigenvalue weighted by atomic mass is 10.00. The first-order valence-electron chi connectivity index (χ1n) is 35.7. The molecular formula is C69H134O17P2. The maximum absolute atomic E-state index is 13.0. The number of ether oxygens (including phenoxy) is 4. The predicted molar refractivity (Wildman–Crippen MR) is 354 cm³/mol. The SMILES string of the molecule is CCC(C)CCCCCCCCC(=O)OC[C@H](COP(=O)(O)OC[C@H](O)COP(=O)(O)OC[C@@H](COC(=O)CCCCCCCCCCCC(C)C)OC(=O)CCCCCCCCC(C)C)OC(=O)CCCCCCCCCCCCCCCCC(C)C. The van der Waals surface area contributed by atoms with Crippen molar-refractivity contribution in [2.45, 2.75) is 356 Å². The van der Waals surface area contributed by atoms with Gasteiger partial charge in [0.05, 0.1) is 26.4 Å². The van der Waals surface area contributed by atoms with E-state index in [-0.39, 0.29) is 25.7 Å². The number of carbonyl (C=O) groups is 4. The van der Waals surface area contributed by atoms with Crippen molar-refractivity contribution in [3.8, 4) is 0 Å². The van der Waals surface area contributed by atoms with Crippen molar-refractivity contribution in [1.82, 2.24) is 0 Å². The highest BCUT2D eigenvalue weighted by Gasteiger charge is 2.30. The second kappa shape index (κ2) is 58.8. The Bertz CT molecular complexity index is 1750. The number of hydrogen-bond donors (Lipinski definition) is 3. The zero-order chi connectivity index (χ0) is 65.4. The van der Waals surface area contributed by atoms with Crippen molar-refractivity contribution in [2.75, 3.05) is 39.6 Å². The summed E-state index contributed by atoms with van der Waals surface area (Å²) in [5, 5.41) is 10.6. The first kappa shape index (κ1) is 86.1. The minimum Gasteiger partial charge on any atom is -0.462 e. The second-order valence-electron chi connectivity index (χ2n) is 26.6. The number of carbonyl (C=O) groups excluding carboxylic acids is 4. The minimum atomic E-state index is -4.95. The molecule has 0 saturated heterocycles. The molecule has 0 aliphatic heterocycles. The minimum absolute atomic E-state index is 0.101. The van der Waals surface area contributed by atoms with E-state index < -0.39 is 97.5 Å². The van der Waals surface area contributed by atoms with Crippen molar-refractivity contribution in [1.29, 1.82) is 0 Å². The van der Waals surface area contributed by atoms with Crippen LogP contribution in [0.2, 0.25) is 0 Å². The average molecular weight is 1300 g/mol. The first-order valence-corrected chi connectivity index (χ1v) is 38.7. The van der Waals surface area contributed by atoms with Gasteiger partial charge in [-0.25, -0.2) is 9.13 Å². The van der Waals surface area contributed by atoms with E-state index in [2.05, 4.69) is 55.4 Å². The maximum Gasteiger partial charge on any atom is 0.472 e. The number of esters is 4. The van der Waals surface area contributed by atoms with Crippen LogP contribution in [0, 0.1) is 23.7 Å². The highest BCUT2D eigenvalue weighted by Crippen LogP contribution is 2.45. The van der Waals surface area contributed by atoms with Crippen LogP contribution in [0.5, 0.6) is 0 Å². The van der Waals surface area contributed by atoms with Crippen molar-refractivity contribution in [3.63, 3.8) is 0 Å². The largest absolute Gasteiger partial charge is 0.472 e. The third kappa shape index (κ3) is 61.6. The van der Waals surface area contributed by atoms with Gasteiger partial charge in [-0.15, -0.1) is 0 Å². The van der Waals surface area contributed by atoms with Crippen molar-refractivity contribution >= 4 is 39.5 Å². The molecule has 3 unspecified atom stereocenters. The van der Waals surface area contributed by atoms with E-state index in [4.69, 9.17) is 37.0 Å². The summed E-state index contributed by atoms with van der Waals surface area (Å²) in [6.07, 6.45) is 40.5. The molecule has 17 nitrogen and oxygen atoms in total. The highest BCUT2D eigenvalue weighted by molar-refractivity contribution is 7.47. The zero-order valence-electron chi connectivity index (χ0n) is 57.3. The third-order valence-corrected chi connectivity index (χ3v) is 18.1. The summed E-state index contributed by atoms with van der Waals surface area (Å²) in [5.41, 5.74) is 0. The van der Waals surface area contributed by atoms with Gasteiger partial charge in [-0.1, -0.05) is 287 Å². The van der Waals surface area contributed by atoms with Gasteiger partial charge in [0.15, 0.2) is 12.2 Å². The normalized spacial score (nSPS) is 14.6. The Balaban J connectivity index is 5.21. The molecule has 0 amide bonds. The molecular weight excluding hydrogens is 1160 g/mol. The molecule has 0 saturated carbocycles. The lowest BCUT2D eigenvalue weighted by Crippen LogP contribution is -2.30. The topological polar surface area (TPSA) is 237 Å². The molecule has 0 aromatic carbocycles. The van der Waals surface area contributed by atoms with E-state index in [9.17, 15) is 43.2 Å². The van der Waals surface area contributed by atoms with Gasteiger partial charge in [-0.05, 0) is 49.4 Å². The average Bonchev–Trinajstić information content (AvgIpc) is 3.56. The standard InChI is InChI=1S/C69H134O17P2/c1-9-62(8)48-40-32-26-28-34-42-50-67(72)80-56-64(85-68(73)51-43-35-24-19-15-13-11-10-12-14-17-21-29-37-45-59(2)3)57-83-87(75,76)81-53-63(70)54-82-88(77,78)84-58-65(86-69(74)52-44-36-27-25-31-39-47-61(6)7)55-79-66(71)49-41-33-23-20-16-18-22-30-38-46-60(4)5/h59-65,70H,9-58H2,1-8H3,(H,75,76)(H,77,78)/t62?,63-,64+,65+/m0/s1. The number of phosphoric acid groups is 2. The monoisotopic (exact) mass is 1300 g/mol. The molecule has 3 N–H and O–H groups in total. The summed E-state index contributed by atoms with van der Waals surface area (Å²) in [5.74, 6) is 0.803. The van der Waals surface area contributed by atoms with Crippen molar-refractivity contribution in [2.24, 2.45) is 23.7 Å². The summed E-state index contributed by atoms with van der Waals surface area (Å²) >= 11 is 0. The first-order chi connectivity index (χ1) is 42.1. The highest BCUT2D eigenvalue weighted by atomic mass is 31.2. The molecule has 19 heteroatoms. The molecule has 0 radical (unpaired) electrons. The molecule has 0 fully saturated rings. The van der Waals surface area contributed by atoms with E-state index in [1.807, 2.05) is 0 Å². The van der Waals surface area contributed by atoms with Crippen molar-refractivity contribution in [3.05, 3.63) is 0 Å². The maximum atomic E-state index is 13.0. The number of unbranched alkanes of at least 4 members (excludes halogenated alkanes) is 31. The molecule has 0 aromatic heterocycles. The molecule has 0 aliphatic carbocycles. The predicted octanol–water partition coefficient (Wildman–Crippen LogP) is 19.3. The van der Waals surface area contributed by atoms with Crippen LogP contribution < -0.4 is 0 Å². The van der Waals surface area contributed by atoms with Crippen LogP contribution in [-0.2, 0) is 65.4 Å². The molecule has 0 bridgehead atoms. The molecule has 88 heavy (non-hydrogen) atoms. The van der Waals surface area contributed by atoms with E-state index in [1.165, 1.54) is 135 Å². The molecule has 0 spiro atoms. The summed E-state index contributed by atoms with van der Waals surface area (Å²) in [7, 11) is -9.90. The van der Waals surface area contributed by atoms with Gasteiger partial charge in [-0.2, -0.15) is 0 Å². The summed E-state index contributed by atoms with van der Waals surface area (Å²) < 4.78 is 68.2. The van der Waals surface area contributed by atoms with Crippen molar-refractivity contribution < 1.29 is 80.2 Å². The van der Waals surface area contributed by atoms with Gasteiger partial charge in [0.25, 0.3) is 0 Å². The quantitative estimate of drug-likeness (QED) is 0.0222. The lowest BCUT2D eigenvalue weighted by Gasteiger charge is -2.21. The fraction of sp³-hybridized carbons (Fsp3) is 0.942. The van der Waals surface area contributed by atoms with Crippen LogP contribution in [0.4, 0.5) is 0 Å². The summed E-state index contributed by atoms with van der Waals surface area (Å²) in [4.78, 5) is 72.4. The zero-order valence-corrected chi connectivity index (χ0v) is 59.1.